The molecule has 0 bridgehead atoms. The molecule has 1 amide bonds. The minimum Gasteiger partial charge on any atom is -0.480 e. The van der Waals surface area contributed by atoms with Gasteiger partial charge in [0.15, 0.2) is 0 Å². The number of rotatable bonds is 3. The Morgan fingerprint density at radius 2 is 2.20 bits per heavy atom. The zero-order valence-corrected chi connectivity index (χ0v) is 12.3. The van der Waals surface area contributed by atoms with Crippen molar-refractivity contribution >= 4 is 33.2 Å². The molecule has 20 heavy (non-hydrogen) atoms. The zero-order valence-electron chi connectivity index (χ0n) is 10.7. The lowest BCUT2D eigenvalue weighted by atomic mass is 10.1. The van der Waals surface area contributed by atoms with Crippen LogP contribution in [-0.2, 0) is 4.79 Å². The molecule has 2 aromatic rings. The Kier molecular flexibility index (Phi) is 3.31. The monoisotopic (exact) mass is 333 g/mol. The number of carbonyl (C=O) groups excluding carboxylic acids is 1. The first kappa shape index (κ1) is 12.9. The standard InChI is InChI=1S/C14H12BrN3O2/c1-20-14-10(6-3-7-16-14)17-12-11-8(15)4-2-5-9(11)18-13(12)19/h2-7,12,17H,1H3,(H,18,19). The molecular weight excluding hydrogens is 322 g/mol. The van der Waals surface area contributed by atoms with E-state index in [1.165, 1.54) is 0 Å². The third kappa shape index (κ3) is 2.12. The van der Waals surface area contributed by atoms with Crippen LogP contribution >= 0.6 is 15.9 Å². The number of benzene rings is 1. The van der Waals surface area contributed by atoms with Crippen molar-refractivity contribution in [1.82, 2.24) is 4.98 Å². The van der Waals surface area contributed by atoms with Crippen LogP contribution in [-0.4, -0.2) is 18.0 Å². The number of carbonyl (C=O) groups is 1. The molecule has 1 aromatic carbocycles. The zero-order chi connectivity index (χ0) is 14.1. The van der Waals surface area contributed by atoms with Gasteiger partial charge < -0.3 is 15.4 Å². The highest BCUT2D eigenvalue weighted by atomic mass is 79.9. The number of amides is 1. The molecule has 3 rings (SSSR count). The minimum atomic E-state index is -0.473. The third-order valence-corrected chi connectivity index (χ3v) is 3.82. The minimum absolute atomic E-state index is 0.0993. The van der Waals surface area contributed by atoms with Gasteiger partial charge in [0.2, 0.25) is 5.88 Å². The second-order valence-electron chi connectivity index (χ2n) is 4.33. The average molecular weight is 334 g/mol. The van der Waals surface area contributed by atoms with E-state index in [-0.39, 0.29) is 5.91 Å². The highest BCUT2D eigenvalue weighted by Gasteiger charge is 2.32. The summed E-state index contributed by atoms with van der Waals surface area (Å²) in [4.78, 5) is 16.2. The SMILES string of the molecule is COc1ncccc1NC1C(=O)Nc2cccc(Br)c21. The molecule has 1 atom stereocenters. The van der Waals surface area contributed by atoms with Crippen molar-refractivity contribution in [3.05, 3.63) is 46.6 Å². The van der Waals surface area contributed by atoms with Crippen LogP contribution in [0.3, 0.4) is 0 Å². The molecule has 0 saturated carbocycles. The van der Waals surface area contributed by atoms with Crippen molar-refractivity contribution in [3.63, 3.8) is 0 Å². The Morgan fingerprint density at radius 1 is 1.35 bits per heavy atom. The van der Waals surface area contributed by atoms with E-state index in [9.17, 15) is 4.79 Å². The lowest BCUT2D eigenvalue weighted by Gasteiger charge is -2.15. The largest absolute Gasteiger partial charge is 0.480 e. The van der Waals surface area contributed by atoms with Crippen molar-refractivity contribution in [1.29, 1.82) is 0 Å². The van der Waals surface area contributed by atoms with Crippen LogP contribution in [0.15, 0.2) is 41.0 Å². The Bertz CT molecular complexity index is 675. The number of halogens is 1. The van der Waals surface area contributed by atoms with Gasteiger partial charge in [-0.2, -0.15) is 0 Å². The first-order valence-electron chi connectivity index (χ1n) is 6.05. The molecule has 0 saturated heterocycles. The van der Waals surface area contributed by atoms with Gasteiger partial charge in [0.1, 0.15) is 6.04 Å². The maximum absolute atomic E-state index is 12.1. The summed E-state index contributed by atoms with van der Waals surface area (Å²) in [6.45, 7) is 0. The Morgan fingerprint density at radius 3 is 3.00 bits per heavy atom. The maximum atomic E-state index is 12.1. The summed E-state index contributed by atoms with van der Waals surface area (Å²) in [5, 5.41) is 6.03. The van der Waals surface area contributed by atoms with E-state index in [1.54, 1.807) is 19.4 Å². The van der Waals surface area contributed by atoms with Crippen LogP contribution in [0, 0.1) is 0 Å². The number of methoxy groups -OCH3 is 1. The molecule has 2 N–H and O–H groups in total. The van der Waals surface area contributed by atoms with Crippen LogP contribution in [0.2, 0.25) is 0 Å². The molecule has 1 aromatic heterocycles. The Labute approximate surface area is 124 Å². The van der Waals surface area contributed by atoms with E-state index in [2.05, 4.69) is 31.5 Å². The summed E-state index contributed by atoms with van der Waals surface area (Å²) in [6, 6.07) is 8.82. The lowest BCUT2D eigenvalue weighted by molar-refractivity contribution is -0.116. The number of nitrogens with zero attached hydrogens (tertiary/aromatic N) is 1. The fourth-order valence-corrected chi connectivity index (χ4v) is 2.83. The number of hydrogen-bond donors (Lipinski definition) is 2. The lowest BCUT2D eigenvalue weighted by Crippen LogP contribution is -2.20. The van der Waals surface area contributed by atoms with E-state index >= 15 is 0 Å². The molecule has 1 aliphatic heterocycles. The molecule has 5 nitrogen and oxygen atoms in total. The van der Waals surface area contributed by atoms with Crippen molar-refractivity contribution in [2.75, 3.05) is 17.7 Å². The summed E-state index contributed by atoms with van der Waals surface area (Å²) in [5.74, 6) is 0.360. The smallest absolute Gasteiger partial charge is 0.251 e. The number of aromatic nitrogens is 1. The van der Waals surface area contributed by atoms with E-state index in [4.69, 9.17) is 4.74 Å². The number of ether oxygens (including phenoxy) is 1. The molecule has 0 radical (unpaired) electrons. The second kappa shape index (κ2) is 5.13. The van der Waals surface area contributed by atoms with Gasteiger partial charge >= 0.3 is 0 Å². The number of nitrogens with one attached hydrogen (secondary N) is 2. The van der Waals surface area contributed by atoms with Gasteiger partial charge in [-0.1, -0.05) is 22.0 Å². The predicted octanol–water partition coefficient (Wildman–Crippen LogP) is 2.96. The number of anilines is 2. The van der Waals surface area contributed by atoms with Crippen molar-refractivity contribution < 1.29 is 9.53 Å². The first-order chi connectivity index (χ1) is 9.70. The highest BCUT2D eigenvalue weighted by Crippen LogP contribution is 2.39. The van der Waals surface area contributed by atoms with Gasteiger partial charge in [0.05, 0.1) is 12.8 Å². The Hall–Kier alpha value is -2.08. The van der Waals surface area contributed by atoms with Crippen LogP contribution in [0.4, 0.5) is 11.4 Å². The Balaban J connectivity index is 1.98. The summed E-state index contributed by atoms with van der Waals surface area (Å²) in [6.07, 6.45) is 1.64. The highest BCUT2D eigenvalue weighted by molar-refractivity contribution is 9.10. The molecule has 2 heterocycles. The van der Waals surface area contributed by atoms with Crippen LogP contribution in [0.25, 0.3) is 0 Å². The van der Waals surface area contributed by atoms with Gasteiger partial charge in [0, 0.05) is 21.9 Å². The van der Waals surface area contributed by atoms with E-state index in [1.807, 2.05) is 24.3 Å². The van der Waals surface area contributed by atoms with Crippen LogP contribution < -0.4 is 15.4 Å². The van der Waals surface area contributed by atoms with Crippen molar-refractivity contribution in [2.24, 2.45) is 0 Å². The van der Waals surface area contributed by atoms with Crippen molar-refractivity contribution in [3.8, 4) is 5.88 Å². The third-order valence-electron chi connectivity index (χ3n) is 3.13. The molecular formula is C14H12BrN3O2. The molecule has 102 valence electrons. The quantitative estimate of drug-likeness (QED) is 0.906. The number of hydrogen-bond acceptors (Lipinski definition) is 4. The predicted molar refractivity (Wildman–Crippen MR) is 79.9 cm³/mol. The maximum Gasteiger partial charge on any atom is 0.251 e. The van der Waals surface area contributed by atoms with Gasteiger partial charge in [-0.15, -0.1) is 0 Å². The summed E-state index contributed by atoms with van der Waals surface area (Å²) >= 11 is 3.49. The fraction of sp³-hybridized carbons (Fsp3) is 0.143. The van der Waals surface area contributed by atoms with E-state index in [0.717, 1.165) is 15.7 Å². The fourth-order valence-electron chi connectivity index (χ4n) is 2.23. The van der Waals surface area contributed by atoms with E-state index in [0.29, 0.717) is 11.6 Å². The van der Waals surface area contributed by atoms with Crippen LogP contribution in [0.5, 0.6) is 5.88 Å². The number of fused-ring (bicyclic) bond motifs is 1. The average Bonchev–Trinajstić information content (AvgIpc) is 2.77. The number of pyridine rings is 1. The van der Waals surface area contributed by atoms with Crippen molar-refractivity contribution in [2.45, 2.75) is 6.04 Å². The van der Waals surface area contributed by atoms with E-state index < -0.39 is 6.04 Å². The van der Waals surface area contributed by atoms with Gasteiger partial charge in [-0.05, 0) is 24.3 Å². The summed E-state index contributed by atoms with van der Waals surface area (Å²) < 4.78 is 6.08. The van der Waals surface area contributed by atoms with Gasteiger partial charge in [0.25, 0.3) is 5.91 Å². The van der Waals surface area contributed by atoms with Crippen LogP contribution in [0.1, 0.15) is 11.6 Å². The first-order valence-corrected chi connectivity index (χ1v) is 6.85. The van der Waals surface area contributed by atoms with Gasteiger partial charge in [-0.25, -0.2) is 4.98 Å². The summed E-state index contributed by atoms with van der Waals surface area (Å²) in [7, 11) is 1.55. The molecule has 0 spiro atoms. The van der Waals surface area contributed by atoms with Gasteiger partial charge in [-0.3, -0.25) is 4.79 Å². The topological polar surface area (TPSA) is 63.2 Å². The molecule has 1 unspecified atom stereocenters. The summed E-state index contributed by atoms with van der Waals surface area (Å²) in [5.41, 5.74) is 2.38. The second-order valence-corrected chi connectivity index (χ2v) is 5.18. The molecule has 1 aliphatic rings. The molecule has 6 heteroatoms. The normalized spacial score (nSPS) is 16.5. The molecule has 0 aliphatic carbocycles. The molecule has 0 fully saturated rings.